The highest BCUT2D eigenvalue weighted by Crippen LogP contribution is 2.57. The van der Waals surface area contributed by atoms with Crippen LogP contribution in [-0.2, 0) is 6.54 Å². The lowest BCUT2D eigenvalue weighted by Gasteiger charge is -2.19. The van der Waals surface area contributed by atoms with E-state index < -0.39 is 11.6 Å². The molecule has 0 saturated heterocycles. The molecular formula is C12H15ClF3NO. The van der Waals surface area contributed by atoms with Crippen LogP contribution in [0.1, 0.15) is 18.4 Å². The Labute approximate surface area is 110 Å². The fourth-order valence-corrected chi connectivity index (χ4v) is 1.64. The summed E-state index contributed by atoms with van der Waals surface area (Å²) in [6, 6.07) is 6.85. The number of ether oxygens (including phenoxy) is 1. The van der Waals surface area contributed by atoms with E-state index in [0.29, 0.717) is 12.3 Å². The Morgan fingerprint density at radius 2 is 1.94 bits per heavy atom. The van der Waals surface area contributed by atoms with Crippen LogP contribution in [0, 0.1) is 5.41 Å². The van der Waals surface area contributed by atoms with Crippen molar-refractivity contribution in [3.8, 4) is 5.75 Å². The van der Waals surface area contributed by atoms with Crippen LogP contribution in [0.15, 0.2) is 24.3 Å². The van der Waals surface area contributed by atoms with Gasteiger partial charge >= 0.3 is 6.18 Å². The maximum Gasteiger partial charge on any atom is 0.397 e. The molecule has 0 aliphatic heterocycles. The highest BCUT2D eigenvalue weighted by molar-refractivity contribution is 5.85. The van der Waals surface area contributed by atoms with Gasteiger partial charge in [0.05, 0.1) is 0 Å². The number of hydrogen-bond donors (Lipinski definition) is 1. The van der Waals surface area contributed by atoms with E-state index in [2.05, 4.69) is 0 Å². The lowest BCUT2D eigenvalue weighted by molar-refractivity contribution is -0.194. The molecule has 0 spiro atoms. The normalized spacial score (nSPS) is 16.9. The monoisotopic (exact) mass is 281 g/mol. The van der Waals surface area contributed by atoms with Crippen molar-refractivity contribution in [2.24, 2.45) is 11.1 Å². The van der Waals surface area contributed by atoms with E-state index in [1.165, 1.54) is 0 Å². The quantitative estimate of drug-likeness (QED) is 0.919. The molecule has 1 aliphatic carbocycles. The van der Waals surface area contributed by atoms with Gasteiger partial charge in [-0.15, -0.1) is 12.4 Å². The number of alkyl halides is 3. The zero-order valence-corrected chi connectivity index (χ0v) is 10.5. The molecule has 0 radical (unpaired) electrons. The van der Waals surface area contributed by atoms with E-state index in [-0.39, 0.29) is 31.9 Å². The van der Waals surface area contributed by atoms with Crippen LogP contribution in [0.4, 0.5) is 13.2 Å². The van der Waals surface area contributed by atoms with Crippen molar-refractivity contribution in [3.05, 3.63) is 29.8 Å². The van der Waals surface area contributed by atoms with Crippen LogP contribution in [0.25, 0.3) is 0 Å². The van der Waals surface area contributed by atoms with Gasteiger partial charge in [-0.05, 0) is 30.5 Å². The molecule has 1 aromatic rings. The smallest absolute Gasteiger partial charge is 0.397 e. The molecule has 18 heavy (non-hydrogen) atoms. The van der Waals surface area contributed by atoms with Crippen LogP contribution < -0.4 is 10.5 Å². The first-order valence-corrected chi connectivity index (χ1v) is 5.45. The van der Waals surface area contributed by atoms with E-state index >= 15 is 0 Å². The predicted octanol–water partition coefficient (Wildman–Crippen LogP) is 3.29. The summed E-state index contributed by atoms with van der Waals surface area (Å²) in [6.07, 6.45) is -3.85. The topological polar surface area (TPSA) is 35.2 Å². The van der Waals surface area contributed by atoms with Crippen molar-refractivity contribution in [1.82, 2.24) is 0 Å². The molecule has 2 N–H and O–H groups in total. The molecule has 0 amide bonds. The first-order valence-electron chi connectivity index (χ1n) is 5.45. The molecule has 1 fully saturated rings. The number of rotatable bonds is 4. The van der Waals surface area contributed by atoms with Crippen molar-refractivity contribution in [2.75, 3.05) is 6.61 Å². The molecule has 1 aromatic carbocycles. The second-order valence-corrected chi connectivity index (χ2v) is 4.42. The van der Waals surface area contributed by atoms with E-state index in [9.17, 15) is 13.2 Å². The molecule has 0 aromatic heterocycles. The Bertz CT molecular complexity index is 405. The van der Waals surface area contributed by atoms with Gasteiger partial charge in [0, 0.05) is 6.54 Å². The highest BCUT2D eigenvalue weighted by Gasteiger charge is 2.63. The van der Waals surface area contributed by atoms with Gasteiger partial charge in [-0.1, -0.05) is 12.1 Å². The lowest BCUT2D eigenvalue weighted by Crippen LogP contribution is -2.30. The van der Waals surface area contributed by atoms with Crippen LogP contribution in [0.5, 0.6) is 5.75 Å². The van der Waals surface area contributed by atoms with Gasteiger partial charge in [-0.3, -0.25) is 0 Å². The third-order valence-corrected chi connectivity index (χ3v) is 3.10. The maximum absolute atomic E-state index is 12.6. The Morgan fingerprint density at radius 1 is 1.28 bits per heavy atom. The van der Waals surface area contributed by atoms with Crippen LogP contribution >= 0.6 is 12.4 Å². The third kappa shape index (κ3) is 3.09. The van der Waals surface area contributed by atoms with Crippen molar-refractivity contribution in [1.29, 1.82) is 0 Å². The Balaban J connectivity index is 0.00000162. The summed E-state index contributed by atoms with van der Waals surface area (Å²) < 4.78 is 43.2. The summed E-state index contributed by atoms with van der Waals surface area (Å²) >= 11 is 0. The zero-order chi connectivity index (χ0) is 12.5. The van der Waals surface area contributed by atoms with Crippen molar-refractivity contribution in [2.45, 2.75) is 25.6 Å². The van der Waals surface area contributed by atoms with Gasteiger partial charge in [0.2, 0.25) is 0 Å². The van der Waals surface area contributed by atoms with Gasteiger partial charge in [-0.25, -0.2) is 0 Å². The van der Waals surface area contributed by atoms with Gasteiger partial charge < -0.3 is 10.5 Å². The molecular weight excluding hydrogens is 267 g/mol. The van der Waals surface area contributed by atoms with Gasteiger partial charge in [-0.2, -0.15) is 13.2 Å². The summed E-state index contributed by atoms with van der Waals surface area (Å²) in [5, 5.41) is 0. The molecule has 1 aliphatic rings. The van der Waals surface area contributed by atoms with Crippen LogP contribution in [-0.4, -0.2) is 12.8 Å². The Morgan fingerprint density at radius 3 is 2.44 bits per heavy atom. The number of nitrogens with two attached hydrogens (primary N) is 1. The second-order valence-electron chi connectivity index (χ2n) is 4.42. The summed E-state index contributed by atoms with van der Waals surface area (Å²) in [7, 11) is 0. The predicted molar refractivity (Wildman–Crippen MR) is 64.8 cm³/mol. The summed E-state index contributed by atoms with van der Waals surface area (Å²) in [5.41, 5.74) is 4.67. The van der Waals surface area contributed by atoms with Crippen LogP contribution in [0.3, 0.4) is 0 Å². The Hall–Kier alpha value is -0.940. The van der Waals surface area contributed by atoms with Crippen molar-refractivity contribution in [3.63, 3.8) is 0 Å². The SMILES string of the molecule is Cl.NCc1cccc(OCC2(C(F)(F)F)CC2)c1. The zero-order valence-electron chi connectivity index (χ0n) is 9.67. The van der Waals surface area contributed by atoms with E-state index in [1.54, 1.807) is 18.2 Å². The van der Waals surface area contributed by atoms with E-state index in [0.717, 1.165) is 5.56 Å². The molecule has 102 valence electrons. The minimum atomic E-state index is -4.17. The number of benzene rings is 1. The van der Waals surface area contributed by atoms with Crippen LogP contribution in [0.2, 0.25) is 0 Å². The third-order valence-electron chi connectivity index (χ3n) is 3.10. The molecule has 1 saturated carbocycles. The minimum absolute atomic E-state index is 0. The second kappa shape index (κ2) is 5.36. The average Bonchev–Trinajstić information content (AvgIpc) is 3.07. The fraction of sp³-hybridized carbons (Fsp3) is 0.500. The molecule has 2 nitrogen and oxygen atoms in total. The largest absolute Gasteiger partial charge is 0.493 e. The molecule has 0 heterocycles. The fourth-order valence-electron chi connectivity index (χ4n) is 1.64. The first kappa shape index (κ1) is 15.1. The highest BCUT2D eigenvalue weighted by atomic mass is 35.5. The molecule has 0 bridgehead atoms. The van der Waals surface area contributed by atoms with E-state index in [1.807, 2.05) is 6.07 Å². The van der Waals surface area contributed by atoms with Gasteiger partial charge in [0.1, 0.15) is 17.8 Å². The lowest BCUT2D eigenvalue weighted by atomic mass is 10.1. The summed E-state index contributed by atoms with van der Waals surface area (Å²) in [6.45, 7) is 0.0478. The molecule has 6 heteroatoms. The van der Waals surface area contributed by atoms with Gasteiger partial charge in [0.15, 0.2) is 0 Å². The van der Waals surface area contributed by atoms with Gasteiger partial charge in [0.25, 0.3) is 0 Å². The number of halogens is 4. The first-order chi connectivity index (χ1) is 7.97. The number of hydrogen-bond acceptors (Lipinski definition) is 2. The standard InChI is InChI=1S/C12H14F3NO.ClH/c13-12(14,15)11(4-5-11)8-17-10-3-1-2-9(6-10)7-16;/h1-3,6H,4-5,7-8,16H2;1H. The molecule has 0 atom stereocenters. The minimum Gasteiger partial charge on any atom is -0.493 e. The summed E-state index contributed by atoms with van der Waals surface area (Å²) in [4.78, 5) is 0. The van der Waals surface area contributed by atoms with Crippen molar-refractivity contribution >= 4 is 12.4 Å². The van der Waals surface area contributed by atoms with Crippen molar-refractivity contribution < 1.29 is 17.9 Å². The summed E-state index contributed by atoms with van der Waals surface area (Å²) in [5.74, 6) is 0.448. The van der Waals surface area contributed by atoms with E-state index in [4.69, 9.17) is 10.5 Å². The average molecular weight is 282 g/mol. The molecule has 2 rings (SSSR count). The maximum atomic E-state index is 12.6. The molecule has 0 unspecified atom stereocenters. The Kier molecular flexibility index (Phi) is 4.50.